The Morgan fingerprint density at radius 1 is 1.13 bits per heavy atom. The average molecular weight is 455 g/mol. The number of nitrogens with one attached hydrogen (secondary N) is 1. The molecule has 0 aliphatic heterocycles. The number of carbonyl (C=O) groups excluding carboxylic acids is 1. The molecule has 9 nitrogen and oxygen atoms in total. The van der Waals surface area contributed by atoms with Gasteiger partial charge in [0.2, 0.25) is 5.91 Å². The van der Waals surface area contributed by atoms with Crippen molar-refractivity contribution in [3.8, 4) is 5.75 Å². The fraction of sp³-hybridized carbons (Fsp3) is 0.278. The molecule has 1 aromatic carbocycles. The lowest BCUT2D eigenvalue weighted by Crippen LogP contribution is -2.37. The van der Waals surface area contributed by atoms with Crippen LogP contribution in [0.5, 0.6) is 5.75 Å². The summed E-state index contributed by atoms with van der Waals surface area (Å²) < 4.78 is 42.5. The lowest BCUT2D eigenvalue weighted by atomic mass is 10.3. The van der Waals surface area contributed by atoms with Gasteiger partial charge in [-0.25, -0.2) is 14.8 Å². The van der Waals surface area contributed by atoms with Gasteiger partial charge in [-0.3, -0.25) is 18.7 Å². The summed E-state index contributed by atoms with van der Waals surface area (Å²) in [4.78, 5) is 45.3. The number of carbonyl (C=O) groups is 1. The predicted octanol–water partition coefficient (Wildman–Crippen LogP) is 1.97. The maximum atomic E-state index is 12.6. The molecule has 0 saturated heterocycles. The number of fused-ring (bicyclic) bond motifs is 1. The van der Waals surface area contributed by atoms with Crippen LogP contribution in [0.4, 0.5) is 18.9 Å². The number of hydrogen-bond acceptors (Lipinski definition) is 7. The highest BCUT2D eigenvalue weighted by atomic mass is 32.2. The average Bonchev–Trinajstić information content (AvgIpc) is 2.69. The van der Waals surface area contributed by atoms with E-state index in [1.807, 2.05) is 0 Å². The van der Waals surface area contributed by atoms with Crippen molar-refractivity contribution in [1.29, 1.82) is 0 Å². The number of amides is 1. The van der Waals surface area contributed by atoms with E-state index in [0.29, 0.717) is 5.82 Å². The lowest BCUT2D eigenvalue weighted by Gasteiger charge is -2.11. The number of halogens is 3. The van der Waals surface area contributed by atoms with Crippen LogP contribution in [0.2, 0.25) is 0 Å². The summed E-state index contributed by atoms with van der Waals surface area (Å²) in [5, 5.41) is 2.88. The Morgan fingerprint density at radius 3 is 2.39 bits per heavy atom. The zero-order valence-corrected chi connectivity index (χ0v) is 17.3. The largest absolute Gasteiger partial charge is 0.573 e. The van der Waals surface area contributed by atoms with E-state index in [1.54, 1.807) is 6.92 Å². The monoisotopic (exact) mass is 455 g/mol. The third-order valence-corrected chi connectivity index (χ3v) is 5.07. The molecule has 2 heterocycles. The minimum Gasteiger partial charge on any atom is -0.406 e. The van der Waals surface area contributed by atoms with E-state index in [1.165, 1.54) is 30.8 Å². The van der Waals surface area contributed by atoms with Crippen molar-refractivity contribution in [3.63, 3.8) is 0 Å². The zero-order valence-electron chi connectivity index (χ0n) is 16.5. The first-order valence-electron chi connectivity index (χ1n) is 8.69. The van der Waals surface area contributed by atoms with Gasteiger partial charge in [-0.2, -0.15) is 0 Å². The van der Waals surface area contributed by atoms with Gasteiger partial charge in [0.1, 0.15) is 22.0 Å². The summed E-state index contributed by atoms with van der Waals surface area (Å²) in [6.07, 6.45) is -4.81. The van der Waals surface area contributed by atoms with E-state index in [2.05, 4.69) is 20.0 Å². The fourth-order valence-electron chi connectivity index (χ4n) is 2.71. The predicted molar refractivity (Wildman–Crippen MR) is 107 cm³/mol. The topological polar surface area (TPSA) is 108 Å². The molecule has 0 bridgehead atoms. The number of aryl methyl sites for hydroxylation is 2. The molecule has 3 rings (SSSR count). The van der Waals surface area contributed by atoms with Crippen molar-refractivity contribution >= 4 is 34.4 Å². The van der Waals surface area contributed by atoms with Crippen molar-refractivity contribution in [3.05, 3.63) is 50.9 Å². The molecule has 0 atom stereocenters. The Kier molecular flexibility index (Phi) is 6.06. The molecule has 13 heteroatoms. The molecule has 0 unspecified atom stereocenters. The molecule has 2 aromatic heterocycles. The van der Waals surface area contributed by atoms with Gasteiger partial charge in [-0.15, -0.1) is 13.2 Å². The van der Waals surface area contributed by atoms with Crippen LogP contribution in [0, 0.1) is 6.92 Å². The zero-order chi connectivity index (χ0) is 22.9. The molecule has 0 saturated carbocycles. The van der Waals surface area contributed by atoms with E-state index in [9.17, 15) is 27.6 Å². The van der Waals surface area contributed by atoms with Gasteiger partial charge in [0.25, 0.3) is 5.56 Å². The number of aromatic nitrogens is 4. The Bertz CT molecular complexity index is 1270. The molecule has 3 aromatic rings. The Morgan fingerprint density at radius 2 is 1.77 bits per heavy atom. The summed E-state index contributed by atoms with van der Waals surface area (Å²) in [6, 6.07) is 4.67. The van der Waals surface area contributed by atoms with Gasteiger partial charge in [-0.1, -0.05) is 11.8 Å². The third-order valence-electron chi connectivity index (χ3n) is 4.09. The van der Waals surface area contributed by atoms with E-state index in [-0.39, 0.29) is 27.5 Å². The second kappa shape index (κ2) is 8.41. The quantitative estimate of drug-likeness (QED) is 0.463. The second-order valence-corrected chi connectivity index (χ2v) is 7.35. The molecule has 0 aliphatic rings. The number of hydrogen-bond donors (Lipinski definition) is 1. The molecule has 1 N–H and O–H groups in total. The van der Waals surface area contributed by atoms with Crippen LogP contribution < -0.4 is 21.3 Å². The van der Waals surface area contributed by atoms with Crippen LogP contribution in [-0.2, 0) is 18.9 Å². The Hall–Kier alpha value is -3.35. The summed E-state index contributed by atoms with van der Waals surface area (Å²) in [5.74, 6) is -0.707. The van der Waals surface area contributed by atoms with Gasteiger partial charge >= 0.3 is 12.1 Å². The molecular formula is C18H16F3N5O4S. The molecular weight excluding hydrogens is 439 g/mol. The number of alkyl halides is 3. The Labute approximate surface area is 176 Å². The van der Waals surface area contributed by atoms with E-state index in [4.69, 9.17) is 0 Å². The molecule has 0 spiro atoms. The van der Waals surface area contributed by atoms with Crippen molar-refractivity contribution in [2.24, 2.45) is 14.1 Å². The normalized spacial score (nSPS) is 11.5. The smallest absolute Gasteiger partial charge is 0.406 e. The summed E-state index contributed by atoms with van der Waals surface area (Å²) in [6.45, 7) is 1.59. The highest BCUT2D eigenvalue weighted by molar-refractivity contribution is 8.00. The van der Waals surface area contributed by atoms with Crippen molar-refractivity contribution in [1.82, 2.24) is 19.1 Å². The molecule has 1 amide bonds. The molecule has 31 heavy (non-hydrogen) atoms. The van der Waals surface area contributed by atoms with Crippen LogP contribution in [0.15, 0.2) is 38.9 Å². The standard InChI is InChI=1S/C18H16F3N5O4S/c1-9-22-14-13(16(28)26(3)17(29)25(14)2)15(23-9)31-8-12(27)24-10-4-6-11(7-5-10)30-18(19,20)21/h4-7H,8H2,1-3H3,(H,24,27). The number of rotatable bonds is 5. The van der Waals surface area contributed by atoms with Crippen LogP contribution in [0.25, 0.3) is 11.0 Å². The Balaban J connectivity index is 1.78. The van der Waals surface area contributed by atoms with Crippen molar-refractivity contribution in [2.75, 3.05) is 11.1 Å². The van der Waals surface area contributed by atoms with E-state index >= 15 is 0 Å². The number of thioether (sulfide) groups is 1. The number of nitrogens with zero attached hydrogens (tertiary/aromatic N) is 4. The van der Waals surface area contributed by atoms with Crippen molar-refractivity contribution in [2.45, 2.75) is 18.3 Å². The first-order chi connectivity index (χ1) is 14.5. The van der Waals surface area contributed by atoms with Crippen LogP contribution in [0.1, 0.15) is 5.82 Å². The molecule has 0 fully saturated rings. The number of ether oxygens (including phenoxy) is 1. The second-order valence-electron chi connectivity index (χ2n) is 6.39. The van der Waals surface area contributed by atoms with Gasteiger partial charge < -0.3 is 10.1 Å². The molecule has 0 radical (unpaired) electrons. The highest BCUT2D eigenvalue weighted by Crippen LogP contribution is 2.25. The van der Waals surface area contributed by atoms with Crippen LogP contribution >= 0.6 is 11.8 Å². The third kappa shape index (κ3) is 5.05. The molecule has 0 aliphatic carbocycles. The minimum absolute atomic E-state index is 0.113. The molecule has 164 valence electrons. The lowest BCUT2D eigenvalue weighted by molar-refractivity contribution is -0.274. The van der Waals surface area contributed by atoms with E-state index in [0.717, 1.165) is 28.5 Å². The fourth-order valence-corrected chi connectivity index (χ4v) is 3.57. The maximum absolute atomic E-state index is 12.6. The first-order valence-corrected chi connectivity index (χ1v) is 9.67. The minimum atomic E-state index is -4.81. The van der Waals surface area contributed by atoms with Gasteiger partial charge in [-0.05, 0) is 31.2 Å². The highest BCUT2D eigenvalue weighted by Gasteiger charge is 2.31. The van der Waals surface area contributed by atoms with Gasteiger partial charge in [0, 0.05) is 19.8 Å². The van der Waals surface area contributed by atoms with Gasteiger partial charge in [0.15, 0.2) is 5.65 Å². The first kappa shape index (κ1) is 22.3. The summed E-state index contributed by atoms with van der Waals surface area (Å²) in [5.41, 5.74) is -0.700. The van der Waals surface area contributed by atoms with Crippen molar-refractivity contribution < 1.29 is 22.7 Å². The van der Waals surface area contributed by atoms with Gasteiger partial charge in [0.05, 0.1) is 5.75 Å². The summed E-state index contributed by atoms with van der Waals surface area (Å²) in [7, 11) is 2.81. The SMILES string of the molecule is Cc1nc(SCC(=O)Nc2ccc(OC(F)(F)F)cc2)c2c(=O)n(C)c(=O)n(C)c2n1. The number of anilines is 1. The maximum Gasteiger partial charge on any atom is 0.573 e. The van der Waals surface area contributed by atoms with Crippen LogP contribution in [0.3, 0.4) is 0 Å². The van der Waals surface area contributed by atoms with Crippen LogP contribution in [-0.4, -0.2) is 37.1 Å². The van der Waals surface area contributed by atoms with E-state index < -0.39 is 29.3 Å². The summed E-state index contributed by atoms with van der Waals surface area (Å²) >= 11 is 0.975. The number of benzene rings is 1.